The predicted molar refractivity (Wildman–Crippen MR) is 42.8 cm³/mol. The lowest BCUT2D eigenvalue weighted by Gasteiger charge is -2.06. The van der Waals surface area contributed by atoms with Crippen LogP contribution in [0.5, 0.6) is 0 Å². The van der Waals surface area contributed by atoms with Crippen LogP contribution < -0.4 is 11.5 Å². The zero-order valence-corrected chi connectivity index (χ0v) is 6.21. The van der Waals surface area contributed by atoms with Gasteiger partial charge in [0, 0.05) is 18.2 Å². The molecule has 0 heterocycles. The van der Waals surface area contributed by atoms with Gasteiger partial charge in [0.25, 0.3) is 0 Å². The zero-order chi connectivity index (χ0) is 8.27. The molecule has 0 aromatic rings. The maximum Gasteiger partial charge on any atom is 0.190 e. The Morgan fingerprint density at radius 3 is 2.73 bits per heavy atom. The normalized spacial score (nSPS) is 17.5. The van der Waals surface area contributed by atoms with E-state index in [2.05, 4.69) is 4.99 Å². The van der Waals surface area contributed by atoms with E-state index in [1.54, 1.807) is 0 Å². The molecule has 0 atom stereocenters. The number of hydrogen-bond donors (Lipinski definition) is 2. The third-order valence-electron chi connectivity index (χ3n) is 1.46. The number of carbonyl (C=O) groups excluding carboxylic acids is 1. The second kappa shape index (κ2) is 3.18. The molecule has 0 aromatic carbocycles. The van der Waals surface area contributed by atoms with Gasteiger partial charge >= 0.3 is 0 Å². The van der Waals surface area contributed by atoms with E-state index in [1.165, 1.54) is 6.08 Å². The summed E-state index contributed by atoms with van der Waals surface area (Å²) in [6, 6.07) is 0. The van der Waals surface area contributed by atoms with Crippen LogP contribution in [0.2, 0.25) is 0 Å². The molecule has 4 N–H and O–H groups in total. The molecule has 0 fully saturated rings. The summed E-state index contributed by atoms with van der Waals surface area (Å²) in [7, 11) is 0. The average Bonchev–Trinajstić information content (AvgIpc) is 1.85. The van der Waals surface area contributed by atoms with Crippen molar-refractivity contribution >= 4 is 11.7 Å². The molecule has 0 saturated heterocycles. The highest BCUT2D eigenvalue weighted by atomic mass is 16.1. The number of guanidine groups is 1. The molecule has 0 spiro atoms. The molecule has 4 nitrogen and oxygen atoms in total. The number of carbonyl (C=O) groups is 1. The Labute approximate surface area is 65.0 Å². The highest BCUT2D eigenvalue weighted by molar-refractivity contribution is 5.91. The van der Waals surface area contributed by atoms with Crippen molar-refractivity contribution in [1.82, 2.24) is 0 Å². The van der Waals surface area contributed by atoms with Crippen molar-refractivity contribution in [3.63, 3.8) is 0 Å². The van der Waals surface area contributed by atoms with E-state index in [-0.39, 0.29) is 11.7 Å². The second-order valence-electron chi connectivity index (χ2n) is 2.49. The summed E-state index contributed by atoms with van der Waals surface area (Å²) >= 11 is 0. The number of allylic oxidation sites excluding steroid dienone is 2. The fourth-order valence-corrected chi connectivity index (χ4v) is 1.03. The fourth-order valence-electron chi connectivity index (χ4n) is 1.03. The summed E-state index contributed by atoms with van der Waals surface area (Å²) in [5, 5.41) is 0. The van der Waals surface area contributed by atoms with Crippen molar-refractivity contribution in [2.24, 2.45) is 16.5 Å². The van der Waals surface area contributed by atoms with Crippen molar-refractivity contribution in [3.05, 3.63) is 11.8 Å². The highest BCUT2D eigenvalue weighted by Gasteiger charge is 2.08. The lowest BCUT2D eigenvalue weighted by molar-refractivity contribution is -0.115. The van der Waals surface area contributed by atoms with Crippen molar-refractivity contribution in [3.8, 4) is 0 Å². The van der Waals surface area contributed by atoms with Crippen molar-refractivity contribution in [2.75, 3.05) is 0 Å². The number of nitrogens with two attached hydrogens (primary N) is 2. The third-order valence-corrected chi connectivity index (χ3v) is 1.46. The van der Waals surface area contributed by atoms with Gasteiger partial charge in [0.05, 0.1) is 0 Å². The summed E-state index contributed by atoms with van der Waals surface area (Å²) in [6.45, 7) is 0. The van der Waals surface area contributed by atoms with Crippen molar-refractivity contribution in [2.45, 2.75) is 19.3 Å². The standard InChI is InChI=1S/C7H11N3O/c8-7(9)10-5-2-1-3-6(11)4-5/h4H,1-3H2,(H4,8,9,10). The summed E-state index contributed by atoms with van der Waals surface area (Å²) in [5.74, 6) is 0.127. The molecule has 1 rings (SSSR count). The van der Waals surface area contributed by atoms with Crippen LogP contribution in [0.15, 0.2) is 16.8 Å². The first-order valence-electron chi connectivity index (χ1n) is 3.51. The van der Waals surface area contributed by atoms with Gasteiger partial charge < -0.3 is 11.5 Å². The third kappa shape index (κ3) is 2.41. The van der Waals surface area contributed by atoms with Crippen LogP contribution in [0.3, 0.4) is 0 Å². The molecule has 1 aliphatic carbocycles. The SMILES string of the molecule is NC(N)=NC1=CC(=O)CCC1. The number of nitrogens with zero attached hydrogens (tertiary/aromatic N) is 1. The maximum atomic E-state index is 10.8. The Balaban J connectivity index is 2.72. The van der Waals surface area contributed by atoms with E-state index >= 15 is 0 Å². The van der Waals surface area contributed by atoms with E-state index in [9.17, 15) is 4.79 Å². The summed E-state index contributed by atoms with van der Waals surface area (Å²) < 4.78 is 0. The average molecular weight is 153 g/mol. The largest absolute Gasteiger partial charge is 0.370 e. The van der Waals surface area contributed by atoms with Crippen molar-refractivity contribution in [1.29, 1.82) is 0 Å². The summed E-state index contributed by atoms with van der Waals surface area (Å²) in [6.07, 6.45) is 3.76. The zero-order valence-electron chi connectivity index (χ0n) is 6.21. The molecule has 0 amide bonds. The molecule has 0 aliphatic heterocycles. The maximum absolute atomic E-state index is 10.8. The van der Waals surface area contributed by atoms with Crippen LogP contribution in [-0.4, -0.2) is 11.7 Å². The summed E-state index contributed by atoms with van der Waals surface area (Å²) in [5.41, 5.74) is 11.0. The fraction of sp³-hybridized carbons (Fsp3) is 0.429. The Morgan fingerprint density at radius 2 is 2.18 bits per heavy atom. The minimum Gasteiger partial charge on any atom is -0.370 e. The smallest absolute Gasteiger partial charge is 0.190 e. The van der Waals surface area contributed by atoms with E-state index in [0.29, 0.717) is 12.1 Å². The molecular formula is C7H11N3O. The van der Waals surface area contributed by atoms with Crippen LogP contribution in [-0.2, 0) is 4.79 Å². The quantitative estimate of drug-likeness (QED) is 0.407. The molecule has 1 aliphatic rings. The van der Waals surface area contributed by atoms with Gasteiger partial charge in [-0.1, -0.05) is 0 Å². The molecule has 0 bridgehead atoms. The number of ketones is 1. The Hall–Kier alpha value is -1.32. The topological polar surface area (TPSA) is 81.5 Å². The Morgan fingerprint density at radius 1 is 1.45 bits per heavy atom. The predicted octanol–water partition coefficient (Wildman–Crippen LogP) is -0.103. The molecule has 11 heavy (non-hydrogen) atoms. The van der Waals surface area contributed by atoms with E-state index in [4.69, 9.17) is 11.5 Å². The first kappa shape index (κ1) is 7.78. The van der Waals surface area contributed by atoms with Gasteiger partial charge in [-0.3, -0.25) is 4.79 Å². The number of aliphatic imine (C=N–C) groups is 1. The minimum atomic E-state index is 0.0194. The highest BCUT2D eigenvalue weighted by Crippen LogP contribution is 2.15. The van der Waals surface area contributed by atoms with E-state index in [1.807, 2.05) is 0 Å². The lowest BCUT2D eigenvalue weighted by Crippen LogP contribution is -2.23. The van der Waals surface area contributed by atoms with E-state index in [0.717, 1.165) is 12.8 Å². The van der Waals surface area contributed by atoms with Crippen molar-refractivity contribution < 1.29 is 4.79 Å². The lowest BCUT2D eigenvalue weighted by atomic mass is 10.0. The van der Waals surface area contributed by atoms with Crippen LogP contribution in [0.4, 0.5) is 0 Å². The first-order chi connectivity index (χ1) is 5.18. The molecular weight excluding hydrogens is 142 g/mol. The molecule has 4 heteroatoms. The van der Waals surface area contributed by atoms with Gasteiger partial charge in [-0.2, -0.15) is 0 Å². The van der Waals surface area contributed by atoms with Gasteiger partial charge in [0.1, 0.15) is 0 Å². The molecule has 0 saturated carbocycles. The Bertz CT molecular complexity index is 226. The summed E-state index contributed by atoms with van der Waals surface area (Å²) in [4.78, 5) is 14.6. The van der Waals surface area contributed by atoms with Crippen LogP contribution in [0, 0.1) is 0 Å². The van der Waals surface area contributed by atoms with Gasteiger partial charge in [0.2, 0.25) is 0 Å². The number of hydrogen-bond acceptors (Lipinski definition) is 2. The number of rotatable bonds is 1. The van der Waals surface area contributed by atoms with Gasteiger partial charge in [-0.15, -0.1) is 0 Å². The Kier molecular flexibility index (Phi) is 2.25. The van der Waals surface area contributed by atoms with Gasteiger partial charge in [-0.25, -0.2) is 4.99 Å². The molecule has 60 valence electrons. The molecule has 0 aromatic heterocycles. The molecule has 0 radical (unpaired) electrons. The van der Waals surface area contributed by atoms with E-state index < -0.39 is 0 Å². The van der Waals surface area contributed by atoms with Crippen LogP contribution in [0.1, 0.15) is 19.3 Å². The van der Waals surface area contributed by atoms with Gasteiger partial charge in [0.15, 0.2) is 11.7 Å². The molecule has 0 unspecified atom stereocenters. The van der Waals surface area contributed by atoms with Crippen LogP contribution in [0.25, 0.3) is 0 Å². The van der Waals surface area contributed by atoms with Crippen LogP contribution >= 0.6 is 0 Å². The minimum absolute atomic E-state index is 0.0194. The second-order valence-corrected chi connectivity index (χ2v) is 2.49. The first-order valence-corrected chi connectivity index (χ1v) is 3.51. The van der Waals surface area contributed by atoms with Gasteiger partial charge in [-0.05, 0) is 12.8 Å². The monoisotopic (exact) mass is 153 g/mol.